The van der Waals surface area contributed by atoms with Crippen molar-refractivity contribution in [3.05, 3.63) is 224 Å². The fourth-order valence-corrected chi connectivity index (χ4v) is 9.34. The van der Waals surface area contributed by atoms with Crippen LogP contribution in [0.2, 0.25) is 0 Å². The lowest BCUT2D eigenvalue weighted by Crippen LogP contribution is -2.12. The molecule has 0 saturated carbocycles. The number of fused-ring (bicyclic) bond motifs is 5. The summed E-state index contributed by atoms with van der Waals surface area (Å²) in [5.74, 6) is 0.919. The van der Waals surface area contributed by atoms with Crippen LogP contribution in [0.4, 0.5) is 17.1 Å². The summed E-state index contributed by atoms with van der Waals surface area (Å²) >= 11 is 0. The first-order valence-corrected chi connectivity index (χ1v) is 21.5. The van der Waals surface area contributed by atoms with E-state index in [-0.39, 0.29) is 5.41 Å². The Balaban J connectivity index is 0.976. The third-order valence-electron chi connectivity index (χ3n) is 12.4. The molecule has 1 heterocycles. The van der Waals surface area contributed by atoms with Crippen molar-refractivity contribution >= 4 is 60.3 Å². The standard InChI is InChI=1S/C60H45NO/c1-60(2,3)58-56-19-8-9-21-57(56)62-59(58)48-15-10-16-51(39-48)61(50-35-30-42(31-36-50)46-32-37-55-47(38-46)27-26-44-13-5-7-18-53(44)55)49-33-28-41(29-34-49)40-22-24-45(25-23-40)54-20-11-14-43-12-4-6-17-52(43)54/h4-39H,1-3H3. The first kappa shape index (κ1) is 37.3. The van der Waals surface area contributed by atoms with Gasteiger partial charge in [0, 0.05) is 33.6 Å². The van der Waals surface area contributed by atoms with E-state index in [2.05, 4.69) is 238 Å². The second-order valence-corrected chi connectivity index (χ2v) is 17.4. The van der Waals surface area contributed by atoms with Gasteiger partial charge in [0.25, 0.3) is 0 Å². The molecule has 296 valence electrons. The molecule has 2 heteroatoms. The highest BCUT2D eigenvalue weighted by Crippen LogP contribution is 2.44. The van der Waals surface area contributed by atoms with E-state index in [0.29, 0.717) is 0 Å². The molecule has 2 nitrogen and oxygen atoms in total. The van der Waals surface area contributed by atoms with Crippen LogP contribution >= 0.6 is 0 Å². The molecule has 10 aromatic carbocycles. The van der Waals surface area contributed by atoms with Gasteiger partial charge in [0.1, 0.15) is 11.3 Å². The lowest BCUT2D eigenvalue weighted by molar-refractivity contribution is 0.568. The summed E-state index contributed by atoms with van der Waals surface area (Å²) in [7, 11) is 0. The predicted octanol–water partition coefficient (Wildman–Crippen LogP) is 17.3. The number of rotatable bonds is 7. The molecule has 0 saturated heterocycles. The van der Waals surface area contributed by atoms with Gasteiger partial charge in [0.2, 0.25) is 0 Å². The summed E-state index contributed by atoms with van der Waals surface area (Å²) in [6.45, 7) is 6.80. The Kier molecular flexibility index (Phi) is 9.09. The summed E-state index contributed by atoms with van der Waals surface area (Å²) in [5.41, 5.74) is 13.5. The molecule has 0 radical (unpaired) electrons. The highest BCUT2D eigenvalue weighted by molar-refractivity contribution is 6.08. The van der Waals surface area contributed by atoms with Crippen LogP contribution in [0.3, 0.4) is 0 Å². The first-order valence-electron chi connectivity index (χ1n) is 21.5. The minimum Gasteiger partial charge on any atom is -0.456 e. The Morgan fingerprint density at radius 1 is 0.339 bits per heavy atom. The van der Waals surface area contributed by atoms with E-state index >= 15 is 0 Å². The molecule has 0 aliphatic rings. The average Bonchev–Trinajstić information content (AvgIpc) is 3.73. The minimum atomic E-state index is -0.119. The normalized spacial score (nSPS) is 11.8. The van der Waals surface area contributed by atoms with Gasteiger partial charge in [-0.15, -0.1) is 0 Å². The molecule has 0 fully saturated rings. The van der Waals surface area contributed by atoms with Gasteiger partial charge in [0.15, 0.2) is 0 Å². The molecule has 11 rings (SSSR count). The van der Waals surface area contributed by atoms with Gasteiger partial charge in [0.05, 0.1) is 0 Å². The summed E-state index contributed by atoms with van der Waals surface area (Å²) in [5, 5.41) is 8.75. The van der Waals surface area contributed by atoms with Crippen LogP contribution in [0, 0.1) is 0 Å². The van der Waals surface area contributed by atoms with Gasteiger partial charge in [-0.25, -0.2) is 0 Å². The Bertz CT molecular complexity index is 3420. The maximum Gasteiger partial charge on any atom is 0.139 e. The molecule has 0 aliphatic carbocycles. The molecule has 0 spiro atoms. The van der Waals surface area contributed by atoms with Crippen molar-refractivity contribution in [1.82, 2.24) is 0 Å². The fourth-order valence-electron chi connectivity index (χ4n) is 9.34. The highest BCUT2D eigenvalue weighted by Gasteiger charge is 2.27. The van der Waals surface area contributed by atoms with Gasteiger partial charge < -0.3 is 9.32 Å². The number of para-hydroxylation sites is 1. The third-order valence-corrected chi connectivity index (χ3v) is 12.4. The molecule has 0 amide bonds. The average molecular weight is 796 g/mol. The Labute approximate surface area is 363 Å². The molecular formula is C60H45NO. The van der Waals surface area contributed by atoms with E-state index in [0.717, 1.165) is 39.4 Å². The quantitative estimate of drug-likeness (QED) is 0.149. The van der Waals surface area contributed by atoms with Crippen LogP contribution in [-0.4, -0.2) is 0 Å². The van der Waals surface area contributed by atoms with Crippen LogP contribution < -0.4 is 4.90 Å². The first-order chi connectivity index (χ1) is 30.4. The maximum absolute atomic E-state index is 6.68. The highest BCUT2D eigenvalue weighted by atomic mass is 16.3. The van der Waals surface area contributed by atoms with Crippen LogP contribution in [-0.2, 0) is 5.41 Å². The second kappa shape index (κ2) is 15.1. The third kappa shape index (κ3) is 6.71. The van der Waals surface area contributed by atoms with E-state index in [4.69, 9.17) is 4.42 Å². The minimum absolute atomic E-state index is 0.119. The van der Waals surface area contributed by atoms with E-state index in [1.165, 1.54) is 71.3 Å². The van der Waals surface area contributed by atoms with Crippen molar-refractivity contribution < 1.29 is 4.42 Å². The van der Waals surface area contributed by atoms with Gasteiger partial charge in [-0.1, -0.05) is 191 Å². The summed E-state index contributed by atoms with van der Waals surface area (Å²) in [6, 6.07) is 79.1. The maximum atomic E-state index is 6.68. The second-order valence-electron chi connectivity index (χ2n) is 17.4. The van der Waals surface area contributed by atoms with E-state index < -0.39 is 0 Å². The molecule has 0 unspecified atom stereocenters. The number of nitrogens with zero attached hydrogens (tertiary/aromatic N) is 1. The topological polar surface area (TPSA) is 16.4 Å². The summed E-state index contributed by atoms with van der Waals surface area (Å²) < 4.78 is 6.68. The monoisotopic (exact) mass is 795 g/mol. The Morgan fingerprint density at radius 3 is 1.56 bits per heavy atom. The zero-order chi connectivity index (χ0) is 41.8. The van der Waals surface area contributed by atoms with Crippen molar-refractivity contribution in [3.63, 3.8) is 0 Å². The van der Waals surface area contributed by atoms with Crippen molar-refractivity contribution in [2.45, 2.75) is 26.2 Å². The SMILES string of the molecule is CC(C)(C)c1c(-c2cccc(N(c3ccc(-c4ccc(-c5cccc6ccccc56)cc4)cc3)c3ccc(-c4ccc5c(ccc6ccccc65)c4)cc3)c2)oc2ccccc12. The number of hydrogen-bond acceptors (Lipinski definition) is 2. The lowest BCUT2D eigenvalue weighted by atomic mass is 9.83. The van der Waals surface area contributed by atoms with Crippen LogP contribution in [0.1, 0.15) is 26.3 Å². The largest absolute Gasteiger partial charge is 0.456 e. The Hall–Kier alpha value is -7.68. The number of furan rings is 1. The fraction of sp³-hybridized carbons (Fsp3) is 0.0667. The zero-order valence-electron chi connectivity index (χ0n) is 35.1. The van der Waals surface area contributed by atoms with E-state index in [1.54, 1.807) is 0 Å². The van der Waals surface area contributed by atoms with Crippen molar-refractivity contribution in [3.8, 4) is 44.7 Å². The van der Waals surface area contributed by atoms with Crippen molar-refractivity contribution in [2.24, 2.45) is 0 Å². The molecule has 1 aromatic heterocycles. The predicted molar refractivity (Wildman–Crippen MR) is 264 cm³/mol. The van der Waals surface area contributed by atoms with Crippen LogP contribution in [0.15, 0.2) is 223 Å². The van der Waals surface area contributed by atoms with Gasteiger partial charge in [-0.05, 0) is 120 Å². The van der Waals surface area contributed by atoms with Gasteiger partial charge in [-0.2, -0.15) is 0 Å². The van der Waals surface area contributed by atoms with Gasteiger partial charge in [-0.3, -0.25) is 0 Å². The van der Waals surface area contributed by atoms with E-state index in [9.17, 15) is 0 Å². The zero-order valence-corrected chi connectivity index (χ0v) is 35.1. The Morgan fingerprint density at radius 2 is 0.855 bits per heavy atom. The molecule has 62 heavy (non-hydrogen) atoms. The lowest BCUT2D eigenvalue weighted by Gasteiger charge is -2.27. The van der Waals surface area contributed by atoms with Crippen molar-refractivity contribution in [2.75, 3.05) is 4.90 Å². The molecule has 0 aliphatic heterocycles. The van der Waals surface area contributed by atoms with Crippen molar-refractivity contribution in [1.29, 1.82) is 0 Å². The molecule has 0 atom stereocenters. The molecule has 0 N–H and O–H groups in total. The summed E-state index contributed by atoms with van der Waals surface area (Å²) in [6.07, 6.45) is 0. The number of benzene rings is 10. The molecule has 11 aromatic rings. The molecule has 0 bridgehead atoms. The van der Waals surface area contributed by atoms with E-state index in [1.807, 2.05) is 6.07 Å². The van der Waals surface area contributed by atoms with Gasteiger partial charge >= 0.3 is 0 Å². The number of hydrogen-bond donors (Lipinski definition) is 0. The summed E-state index contributed by atoms with van der Waals surface area (Å²) in [4.78, 5) is 2.35. The van der Waals surface area contributed by atoms with Crippen LogP contribution in [0.5, 0.6) is 0 Å². The van der Waals surface area contributed by atoms with Crippen LogP contribution in [0.25, 0.3) is 88.0 Å². The molecular weight excluding hydrogens is 751 g/mol. The smallest absolute Gasteiger partial charge is 0.139 e. The number of anilines is 3.